The van der Waals surface area contributed by atoms with Gasteiger partial charge in [0.2, 0.25) is 11.8 Å². The number of carbonyl (C=O) groups is 1. The molecule has 1 N–H and O–H groups in total. The maximum Gasteiger partial charge on any atom is 0.234 e. The summed E-state index contributed by atoms with van der Waals surface area (Å²) in [5.41, 5.74) is -0.267. The van der Waals surface area contributed by atoms with Crippen LogP contribution in [0.25, 0.3) is 0 Å². The molecule has 1 amide bonds. The number of hydrogen-bond donors (Lipinski definition) is 1. The average molecular weight is 306 g/mol. The Balaban J connectivity index is 1.73. The predicted molar refractivity (Wildman–Crippen MR) is 80.7 cm³/mol. The van der Waals surface area contributed by atoms with E-state index in [4.69, 9.17) is 9.84 Å². The highest BCUT2D eigenvalue weighted by Gasteiger charge is 2.47. The molecule has 0 aromatic carbocycles. The molecule has 1 spiro atoms. The summed E-state index contributed by atoms with van der Waals surface area (Å²) in [7, 11) is 1.88. The zero-order valence-corrected chi connectivity index (χ0v) is 12.9. The molecule has 7 heteroatoms. The first-order valence-corrected chi connectivity index (χ1v) is 7.71. The molecule has 1 aromatic rings. The molecule has 120 valence electrons. The van der Waals surface area contributed by atoms with Crippen molar-refractivity contribution in [3.63, 3.8) is 0 Å². The van der Waals surface area contributed by atoms with Gasteiger partial charge in [0.15, 0.2) is 5.82 Å². The summed E-state index contributed by atoms with van der Waals surface area (Å²) in [6.45, 7) is 2.49. The van der Waals surface area contributed by atoms with Crippen molar-refractivity contribution in [3.05, 3.63) is 12.4 Å². The predicted octanol–water partition coefficient (Wildman–Crippen LogP) is 0.296. The Morgan fingerprint density at radius 1 is 1.36 bits per heavy atom. The minimum atomic E-state index is -0.267. The molecule has 0 saturated carbocycles. The van der Waals surface area contributed by atoms with Gasteiger partial charge in [-0.15, -0.1) is 0 Å². The maximum atomic E-state index is 12.5. The molecule has 2 saturated heterocycles. The summed E-state index contributed by atoms with van der Waals surface area (Å²) in [5.74, 6) is 1.38. The lowest BCUT2D eigenvalue weighted by atomic mass is 9.78. The van der Waals surface area contributed by atoms with Gasteiger partial charge in [-0.2, -0.15) is 4.98 Å². The van der Waals surface area contributed by atoms with Gasteiger partial charge in [-0.3, -0.25) is 9.78 Å². The van der Waals surface area contributed by atoms with Crippen molar-refractivity contribution in [2.75, 3.05) is 44.8 Å². The number of piperidine rings is 1. The van der Waals surface area contributed by atoms with E-state index in [0.717, 1.165) is 38.2 Å². The van der Waals surface area contributed by atoms with E-state index in [-0.39, 0.29) is 24.5 Å². The molecule has 0 bridgehead atoms. The van der Waals surface area contributed by atoms with Crippen molar-refractivity contribution < 1.29 is 14.6 Å². The molecule has 1 unspecified atom stereocenters. The van der Waals surface area contributed by atoms with E-state index in [1.165, 1.54) is 6.20 Å². The number of carbonyl (C=O) groups excluding carboxylic acids is 1. The normalized spacial score (nSPS) is 25.1. The second-order valence-corrected chi connectivity index (χ2v) is 6.07. The molecule has 1 atom stereocenters. The molecule has 3 rings (SSSR count). The molecular weight excluding hydrogens is 284 g/mol. The number of rotatable bonds is 4. The number of anilines is 1. The molecule has 3 heterocycles. The molecule has 2 aliphatic heterocycles. The van der Waals surface area contributed by atoms with Crippen LogP contribution in [-0.2, 0) is 4.79 Å². The molecule has 2 aliphatic rings. The van der Waals surface area contributed by atoms with E-state index in [9.17, 15) is 4.79 Å². The zero-order chi connectivity index (χ0) is 15.6. The summed E-state index contributed by atoms with van der Waals surface area (Å²) in [4.78, 5) is 25.1. The number of aliphatic hydroxyl groups is 1. The number of aliphatic hydroxyl groups excluding tert-OH is 1. The van der Waals surface area contributed by atoms with Crippen LogP contribution in [-0.4, -0.2) is 65.8 Å². The number of hydrogen-bond acceptors (Lipinski definition) is 6. The van der Waals surface area contributed by atoms with Crippen LogP contribution in [0.4, 0.5) is 5.82 Å². The summed E-state index contributed by atoms with van der Waals surface area (Å²) in [6.07, 6.45) is 6.09. The van der Waals surface area contributed by atoms with E-state index in [1.54, 1.807) is 6.20 Å². The van der Waals surface area contributed by atoms with Crippen LogP contribution < -0.4 is 9.64 Å². The van der Waals surface area contributed by atoms with Crippen molar-refractivity contribution >= 4 is 11.7 Å². The number of nitrogens with zero attached hydrogens (tertiary/aromatic N) is 4. The van der Waals surface area contributed by atoms with Crippen LogP contribution in [0.3, 0.4) is 0 Å². The van der Waals surface area contributed by atoms with E-state index in [2.05, 4.69) is 14.9 Å². The average Bonchev–Trinajstić information content (AvgIpc) is 2.96. The fourth-order valence-corrected chi connectivity index (χ4v) is 3.43. The topological polar surface area (TPSA) is 78.8 Å². The molecule has 0 aliphatic carbocycles. The third-order valence-corrected chi connectivity index (χ3v) is 4.57. The van der Waals surface area contributed by atoms with Gasteiger partial charge in [-0.25, -0.2) is 0 Å². The van der Waals surface area contributed by atoms with Crippen molar-refractivity contribution in [2.24, 2.45) is 5.41 Å². The second-order valence-electron chi connectivity index (χ2n) is 6.07. The summed E-state index contributed by atoms with van der Waals surface area (Å²) >= 11 is 0. The number of likely N-dealkylation sites (tertiary alicyclic amines) is 1. The van der Waals surface area contributed by atoms with Crippen LogP contribution in [0.15, 0.2) is 12.4 Å². The Morgan fingerprint density at radius 3 is 3.05 bits per heavy atom. The number of amides is 1. The van der Waals surface area contributed by atoms with Crippen molar-refractivity contribution in [3.8, 4) is 5.88 Å². The van der Waals surface area contributed by atoms with Crippen LogP contribution in [0, 0.1) is 5.41 Å². The zero-order valence-electron chi connectivity index (χ0n) is 12.9. The van der Waals surface area contributed by atoms with E-state index in [0.29, 0.717) is 12.4 Å². The van der Waals surface area contributed by atoms with Gasteiger partial charge in [0, 0.05) is 26.7 Å². The summed E-state index contributed by atoms with van der Waals surface area (Å²) in [5, 5.41) is 8.80. The van der Waals surface area contributed by atoms with Crippen LogP contribution in [0.5, 0.6) is 5.88 Å². The fourth-order valence-electron chi connectivity index (χ4n) is 3.43. The number of aromatic nitrogens is 2. The quantitative estimate of drug-likeness (QED) is 0.862. The highest BCUT2D eigenvalue weighted by molar-refractivity contribution is 5.84. The minimum absolute atomic E-state index is 0.0560. The van der Waals surface area contributed by atoms with Gasteiger partial charge in [-0.05, 0) is 19.3 Å². The van der Waals surface area contributed by atoms with Crippen LogP contribution in [0.2, 0.25) is 0 Å². The highest BCUT2D eigenvalue weighted by Crippen LogP contribution is 2.40. The third-order valence-electron chi connectivity index (χ3n) is 4.57. The Labute approximate surface area is 129 Å². The van der Waals surface area contributed by atoms with Crippen molar-refractivity contribution in [2.45, 2.75) is 19.3 Å². The smallest absolute Gasteiger partial charge is 0.234 e. The Kier molecular flexibility index (Phi) is 4.15. The van der Waals surface area contributed by atoms with Gasteiger partial charge in [0.05, 0.1) is 24.4 Å². The van der Waals surface area contributed by atoms with Crippen LogP contribution >= 0.6 is 0 Å². The van der Waals surface area contributed by atoms with Crippen molar-refractivity contribution in [1.82, 2.24) is 14.9 Å². The molecule has 2 fully saturated rings. The molecular formula is C15H22N4O3. The number of ether oxygens (including phenoxy) is 1. The van der Waals surface area contributed by atoms with Gasteiger partial charge in [-0.1, -0.05) is 0 Å². The van der Waals surface area contributed by atoms with Gasteiger partial charge in [0.25, 0.3) is 0 Å². The van der Waals surface area contributed by atoms with Gasteiger partial charge in [0.1, 0.15) is 6.61 Å². The Bertz CT molecular complexity index is 553. The van der Waals surface area contributed by atoms with Gasteiger partial charge >= 0.3 is 0 Å². The fraction of sp³-hybridized carbons (Fsp3) is 0.667. The van der Waals surface area contributed by atoms with E-state index in [1.807, 2.05) is 11.9 Å². The Morgan fingerprint density at radius 2 is 2.23 bits per heavy atom. The van der Waals surface area contributed by atoms with Gasteiger partial charge < -0.3 is 19.6 Å². The first kappa shape index (κ1) is 15.0. The summed E-state index contributed by atoms with van der Waals surface area (Å²) < 4.78 is 5.31. The molecule has 1 aromatic heterocycles. The third kappa shape index (κ3) is 2.72. The standard InChI is InChI=1S/C15H22N4O3/c1-18-5-2-3-15(14(18)21)4-6-19(11-15)12-9-16-10-13(17-12)22-8-7-20/h9-10,20H,2-8,11H2,1H3. The molecule has 7 nitrogen and oxygen atoms in total. The second kappa shape index (κ2) is 6.08. The monoisotopic (exact) mass is 306 g/mol. The lowest BCUT2D eigenvalue weighted by molar-refractivity contribution is -0.143. The maximum absolute atomic E-state index is 12.5. The van der Waals surface area contributed by atoms with E-state index >= 15 is 0 Å². The van der Waals surface area contributed by atoms with Crippen molar-refractivity contribution in [1.29, 1.82) is 0 Å². The lowest BCUT2D eigenvalue weighted by Crippen LogP contribution is -2.48. The first-order valence-electron chi connectivity index (χ1n) is 7.71. The summed E-state index contributed by atoms with van der Waals surface area (Å²) in [6, 6.07) is 0. The molecule has 0 radical (unpaired) electrons. The largest absolute Gasteiger partial charge is 0.474 e. The minimum Gasteiger partial charge on any atom is -0.474 e. The van der Waals surface area contributed by atoms with Crippen LogP contribution in [0.1, 0.15) is 19.3 Å². The van der Waals surface area contributed by atoms with E-state index < -0.39 is 0 Å². The lowest BCUT2D eigenvalue weighted by Gasteiger charge is -2.37. The highest BCUT2D eigenvalue weighted by atomic mass is 16.5. The SMILES string of the molecule is CN1CCCC2(CCN(c3cncc(OCCO)n3)C2)C1=O. The molecule has 22 heavy (non-hydrogen) atoms. The Hall–Kier alpha value is -1.89. The first-order chi connectivity index (χ1) is 10.6.